The van der Waals surface area contributed by atoms with Crippen LogP contribution in [0.3, 0.4) is 0 Å². The Labute approximate surface area is 162 Å². The van der Waals surface area contributed by atoms with Gasteiger partial charge in [-0.3, -0.25) is 0 Å². The molecule has 0 atom stereocenters. The predicted octanol–water partition coefficient (Wildman–Crippen LogP) is 4.21. The molecule has 0 aliphatic heterocycles. The normalized spacial score (nSPS) is 10.5. The lowest BCUT2D eigenvalue weighted by molar-refractivity contribution is -0.132. The maximum Gasteiger partial charge on any atom is 0.344 e. The van der Waals surface area contributed by atoms with E-state index in [4.69, 9.17) is 42.1 Å². The van der Waals surface area contributed by atoms with E-state index in [2.05, 4.69) is 0 Å². The maximum absolute atomic E-state index is 11.6. The van der Waals surface area contributed by atoms with Gasteiger partial charge in [0, 0.05) is 6.07 Å². The van der Waals surface area contributed by atoms with Gasteiger partial charge in [0.15, 0.2) is 11.5 Å². The number of halogens is 2. The number of ether oxygens (including phenoxy) is 4. The molecule has 0 unspecified atom stereocenters. The molecular formula is C19H20Cl2O5. The highest BCUT2D eigenvalue weighted by molar-refractivity contribution is 6.53. The number of carbonyl (C=O) groups is 1. The van der Waals surface area contributed by atoms with Crippen molar-refractivity contribution in [2.45, 2.75) is 17.7 Å². The summed E-state index contributed by atoms with van der Waals surface area (Å²) < 4.78 is 21.0. The van der Waals surface area contributed by atoms with Gasteiger partial charge in [-0.05, 0) is 48.2 Å². The molecule has 0 fully saturated rings. The first-order valence-corrected chi connectivity index (χ1v) is 8.72. The molecule has 0 spiro atoms. The number of methoxy groups -OCH3 is 3. The third-order valence-electron chi connectivity index (χ3n) is 3.73. The molecule has 2 aromatic carbocycles. The van der Waals surface area contributed by atoms with Gasteiger partial charge in [0.05, 0.1) is 21.3 Å². The summed E-state index contributed by atoms with van der Waals surface area (Å²) in [7, 11) is 4.72. The summed E-state index contributed by atoms with van der Waals surface area (Å²) in [6.45, 7) is 0. The van der Waals surface area contributed by atoms with Gasteiger partial charge in [-0.25, -0.2) is 4.79 Å². The molecule has 0 amide bonds. The zero-order valence-electron chi connectivity index (χ0n) is 14.8. The second-order valence-electron chi connectivity index (χ2n) is 5.43. The zero-order valence-corrected chi connectivity index (χ0v) is 16.3. The standard InChI is InChI=1S/C19H20Cl2O5/c1-23-14-8-13(9-15(11-14)24-2)5-4-12-6-7-16(25-3)17(10-12)26-19(22)18(20)21/h6-11,18H,4-5H2,1-3H3. The van der Waals surface area contributed by atoms with Crippen LogP contribution in [-0.2, 0) is 17.6 Å². The minimum atomic E-state index is -1.26. The van der Waals surface area contributed by atoms with Gasteiger partial charge >= 0.3 is 5.97 Å². The Balaban J connectivity index is 2.16. The predicted molar refractivity (Wildman–Crippen MR) is 101 cm³/mol. The molecule has 140 valence electrons. The molecule has 0 N–H and O–H groups in total. The third-order valence-corrected chi connectivity index (χ3v) is 4.09. The van der Waals surface area contributed by atoms with Crippen LogP contribution >= 0.6 is 23.2 Å². The van der Waals surface area contributed by atoms with E-state index in [-0.39, 0.29) is 5.75 Å². The molecule has 0 saturated heterocycles. The van der Waals surface area contributed by atoms with Crippen LogP contribution in [0.2, 0.25) is 0 Å². The van der Waals surface area contributed by atoms with Crippen LogP contribution in [-0.4, -0.2) is 32.1 Å². The van der Waals surface area contributed by atoms with Crippen LogP contribution < -0.4 is 18.9 Å². The maximum atomic E-state index is 11.6. The van der Waals surface area contributed by atoms with Gasteiger partial charge in [-0.2, -0.15) is 0 Å². The third kappa shape index (κ3) is 5.44. The molecule has 0 heterocycles. The fraction of sp³-hybridized carbons (Fsp3) is 0.316. The van der Waals surface area contributed by atoms with E-state index >= 15 is 0 Å². The number of aryl methyl sites for hydroxylation is 2. The zero-order chi connectivity index (χ0) is 19.1. The fourth-order valence-electron chi connectivity index (χ4n) is 2.41. The first-order chi connectivity index (χ1) is 12.5. The van der Waals surface area contributed by atoms with Crippen LogP contribution in [0, 0.1) is 0 Å². The Morgan fingerprint density at radius 2 is 1.46 bits per heavy atom. The van der Waals surface area contributed by atoms with E-state index in [0.29, 0.717) is 5.75 Å². The Hall–Kier alpha value is -2.11. The lowest BCUT2D eigenvalue weighted by Crippen LogP contribution is -2.16. The number of esters is 1. The van der Waals surface area contributed by atoms with E-state index in [1.165, 1.54) is 7.11 Å². The molecule has 26 heavy (non-hydrogen) atoms. The lowest BCUT2D eigenvalue weighted by atomic mass is 10.0. The number of alkyl halides is 2. The molecule has 5 nitrogen and oxygen atoms in total. The average Bonchev–Trinajstić information content (AvgIpc) is 2.66. The number of hydrogen-bond donors (Lipinski definition) is 0. The van der Waals surface area contributed by atoms with Crippen LogP contribution in [0.5, 0.6) is 23.0 Å². The molecule has 0 aromatic heterocycles. The minimum absolute atomic E-state index is 0.282. The topological polar surface area (TPSA) is 54.0 Å². The van der Waals surface area contributed by atoms with E-state index in [9.17, 15) is 4.79 Å². The van der Waals surface area contributed by atoms with Crippen LogP contribution in [0.1, 0.15) is 11.1 Å². The second kappa shape index (κ2) is 9.55. The Bertz CT molecular complexity index is 739. The Morgan fingerprint density at radius 3 is 2.00 bits per heavy atom. The monoisotopic (exact) mass is 398 g/mol. The van der Waals surface area contributed by atoms with Crippen molar-refractivity contribution in [2.24, 2.45) is 0 Å². The highest BCUT2D eigenvalue weighted by atomic mass is 35.5. The van der Waals surface area contributed by atoms with Crippen molar-refractivity contribution in [2.75, 3.05) is 21.3 Å². The first-order valence-electron chi connectivity index (χ1n) is 7.85. The number of rotatable bonds is 8. The molecule has 2 aromatic rings. The molecule has 0 radical (unpaired) electrons. The molecule has 2 rings (SSSR count). The number of benzene rings is 2. The smallest absolute Gasteiger partial charge is 0.344 e. The van der Waals surface area contributed by atoms with E-state index in [1.807, 2.05) is 24.3 Å². The van der Waals surface area contributed by atoms with Crippen LogP contribution in [0.4, 0.5) is 0 Å². The van der Waals surface area contributed by atoms with Crippen molar-refractivity contribution in [1.82, 2.24) is 0 Å². The van der Waals surface area contributed by atoms with Gasteiger partial charge in [0.2, 0.25) is 4.84 Å². The van der Waals surface area contributed by atoms with Gasteiger partial charge in [-0.15, -0.1) is 0 Å². The lowest BCUT2D eigenvalue weighted by Gasteiger charge is -2.12. The quantitative estimate of drug-likeness (QED) is 0.378. The Kier molecular flexibility index (Phi) is 7.42. The first kappa shape index (κ1) is 20.2. The van der Waals surface area contributed by atoms with Gasteiger partial charge < -0.3 is 18.9 Å². The van der Waals surface area contributed by atoms with Crippen LogP contribution in [0.25, 0.3) is 0 Å². The second-order valence-corrected chi connectivity index (χ2v) is 6.52. The van der Waals surface area contributed by atoms with Crippen molar-refractivity contribution >= 4 is 29.2 Å². The van der Waals surface area contributed by atoms with Crippen molar-refractivity contribution in [3.63, 3.8) is 0 Å². The molecule has 0 saturated carbocycles. The van der Waals surface area contributed by atoms with Gasteiger partial charge in [-0.1, -0.05) is 29.3 Å². The minimum Gasteiger partial charge on any atom is -0.497 e. The SMILES string of the molecule is COc1cc(CCc2ccc(OC)c(OC(=O)C(Cl)Cl)c2)cc(OC)c1. The highest BCUT2D eigenvalue weighted by Crippen LogP contribution is 2.30. The van der Waals surface area contributed by atoms with Crippen molar-refractivity contribution in [3.05, 3.63) is 47.5 Å². The summed E-state index contributed by atoms with van der Waals surface area (Å²) in [6, 6.07) is 11.1. The van der Waals surface area contributed by atoms with Crippen molar-refractivity contribution in [1.29, 1.82) is 0 Å². The van der Waals surface area contributed by atoms with E-state index < -0.39 is 10.8 Å². The summed E-state index contributed by atoms with van der Waals surface area (Å²) in [5.74, 6) is 1.43. The Morgan fingerprint density at radius 1 is 0.846 bits per heavy atom. The summed E-state index contributed by atoms with van der Waals surface area (Å²) >= 11 is 11.1. The number of carbonyl (C=O) groups excluding carboxylic acids is 1. The highest BCUT2D eigenvalue weighted by Gasteiger charge is 2.17. The van der Waals surface area contributed by atoms with Crippen molar-refractivity contribution in [3.8, 4) is 23.0 Å². The van der Waals surface area contributed by atoms with Gasteiger partial charge in [0.1, 0.15) is 11.5 Å². The molecule has 0 aliphatic rings. The molecule has 7 heteroatoms. The molecule has 0 bridgehead atoms. The summed E-state index contributed by atoms with van der Waals surface area (Å²) in [4.78, 5) is 10.4. The van der Waals surface area contributed by atoms with E-state index in [0.717, 1.165) is 35.5 Å². The fourth-order valence-corrected chi connectivity index (χ4v) is 2.50. The van der Waals surface area contributed by atoms with Crippen molar-refractivity contribution < 1.29 is 23.7 Å². The average molecular weight is 399 g/mol. The van der Waals surface area contributed by atoms with E-state index in [1.54, 1.807) is 26.4 Å². The summed E-state index contributed by atoms with van der Waals surface area (Å²) in [6.07, 6.45) is 1.47. The summed E-state index contributed by atoms with van der Waals surface area (Å²) in [5.41, 5.74) is 2.04. The molecular weight excluding hydrogens is 379 g/mol. The number of hydrogen-bond acceptors (Lipinski definition) is 5. The van der Waals surface area contributed by atoms with Crippen LogP contribution in [0.15, 0.2) is 36.4 Å². The van der Waals surface area contributed by atoms with Gasteiger partial charge in [0.25, 0.3) is 0 Å². The largest absolute Gasteiger partial charge is 0.497 e. The summed E-state index contributed by atoms with van der Waals surface area (Å²) in [5, 5.41) is 0. The molecule has 0 aliphatic carbocycles.